The van der Waals surface area contributed by atoms with Gasteiger partial charge in [0, 0.05) is 13.1 Å². The summed E-state index contributed by atoms with van der Waals surface area (Å²) in [5, 5.41) is 9.25. The van der Waals surface area contributed by atoms with Gasteiger partial charge in [-0.1, -0.05) is 6.07 Å². The zero-order valence-corrected chi connectivity index (χ0v) is 11.8. The molecule has 0 heterocycles. The van der Waals surface area contributed by atoms with E-state index in [1.54, 1.807) is 6.07 Å². The van der Waals surface area contributed by atoms with Crippen LogP contribution in [-0.4, -0.2) is 42.8 Å². The number of methoxy groups -OCH3 is 1. The molecule has 1 saturated carbocycles. The Bertz CT molecular complexity index is 486. The van der Waals surface area contributed by atoms with E-state index in [4.69, 9.17) is 0 Å². The van der Waals surface area contributed by atoms with Crippen LogP contribution in [0.2, 0.25) is 0 Å². The van der Waals surface area contributed by atoms with Crippen LogP contribution in [0, 0.1) is 11.7 Å². The van der Waals surface area contributed by atoms with E-state index in [-0.39, 0.29) is 11.7 Å². The zero-order chi connectivity index (χ0) is 14.7. The van der Waals surface area contributed by atoms with Crippen molar-refractivity contribution in [2.45, 2.75) is 25.5 Å². The average molecular weight is 281 g/mol. The third kappa shape index (κ3) is 3.55. The SMILES string of the molecule is COC(=O)c1ccc(CN(C)CC2CC(O)C2)cc1F. The standard InChI is InChI=1S/C15H20FNO3/c1-17(9-11-5-12(18)6-11)8-10-3-4-13(14(16)7-10)15(19)20-2/h3-4,7,11-12,18H,5-6,8-9H2,1-2H3. The molecule has 0 atom stereocenters. The first kappa shape index (κ1) is 14.9. The van der Waals surface area contributed by atoms with E-state index in [0.717, 1.165) is 24.9 Å². The lowest BCUT2D eigenvalue weighted by Crippen LogP contribution is -2.36. The Morgan fingerprint density at radius 3 is 2.75 bits per heavy atom. The van der Waals surface area contributed by atoms with Crippen LogP contribution in [0.3, 0.4) is 0 Å². The summed E-state index contributed by atoms with van der Waals surface area (Å²) in [5.41, 5.74) is 0.776. The van der Waals surface area contributed by atoms with Crippen molar-refractivity contribution in [2.24, 2.45) is 5.92 Å². The second-order valence-corrected chi connectivity index (χ2v) is 5.49. The summed E-state index contributed by atoms with van der Waals surface area (Å²) in [6.07, 6.45) is 1.55. The largest absolute Gasteiger partial charge is 0.465 e. The van der Waals surface area contributed by atoms with Gasteiger partial charge in [-0.25, -0.2) is 9.18 Å². The van der Waals surface area contributed by atoms with Crippen LogP contribution in [0.4, 0.5) is 4.39 Å². The molecule has 2 rings (SSSR count). The Morgan fingerprint density at radius 2 is 2.20 bits per heavy atom. The molecule has 0 saturated heterocycles. The lowest BCUT2D eigenvalue weighted by molar-refractivity contribution is 0.0274. The monoisotopic (exact) mass is 281 g/mol. The van der Waals surface area contributed by atoms with Crippen molar-refractivity contribution in [3.05, 3.63) is 35.1 Å². The summed E-state index contributed by atoms with van der Waals surface area (Å²) in [6.45, 7) is 1.50. The second kappa shape index (κ2) is 6.33. The van der Waals surface area contributed by atoms with Crippen molar-refractivity contribution in [3.63, 3.8) is 0 Å². The van der Waals surface area contributed by atoms with E-state index in [1.165, 1.54) is 19.2 Å². The summed E-state index contributed by atoms with van der Waals surface area (Å²) < 4.78 is 18.3. The maximum absolute atomic E-state index is 13.8. The Kier molecular flexibility index (Phi) is 4.73. The number of hydrogen-bond donors (Lipinski definition) is 1. The molecule has 5 heteroatoms. The molecule has 4 nitrogen and oxygen atoms in total. The Balaban J connectivity index is 1.92. The molecule has 110 valence electrons. The number of carbonyl (C=O) groups is 1. The molecule has 0 amide bonds. The van der Waals surface area contributed by atoms with Crippen LogP contribution >= 0.6 is 0 Å². The lowest BCUT2D eigenvalue weighted by Gasteiger charge is -2.34. The molecule has 0 aromatic heterocycles. The molecule has 1 aliphatic carbocycles. The van der Waals surface area contributed by atoms with Crippen LogP contribution in [0.1, 0.15) is 28.8 Å². The van der Waals surface area contributed by atoms with Gasteiger partial charge in [-0.2, -0.15) is 0 Å². The summed E-state index contributed by atoms with van der Waals surface area (Å²) in [6, 6.07) is 4.57. The third-order valence-electron chi connectivity index (χ3n) is 3.67. The number of nitrogens with zero attached hydrogens (tertiary/aromatic N) is 1. The van der Waals surface area contributed by atoms with Crippen LogP contribution in [-0.2, 0) is 11.3 Å². The smallest absolute Gasteiger partial charge is 0.340 e. The van der Waals surface area contributed by atoms with Gasteiger partial charge in [0.05, 0.1) is 18.8 Å². The molecule has 0 aliphatic heterocycles. The van der Waals surface area contributed by atoms with Crippen molar-refractivity contribution in [1.82, 2.24) is 4.90 Å². The van der Waals surface area contributed by atoms with Gasteiger partial charge in [-0.3, -0.25) is 0 Å². The highest BCUT2D eigenvalue weighted by Crippen LogP contribution is 2.28. The number of rotatable bonds is 5. The summed E-state index contributed by atoms with van der Waals surface area (Å²) in [5.74, 6) is -0.693. The van der Waals surface area contributed by atoms with E-state index in [0.29, 0.717) is 12.5 Å². The zero-order valence-electron chi connectivity index (χ0n) is 11.8. The predicted molar refractivity (Wildman–Crippen MR) is 72.8 cm³/mol. The fourth-order valence-electron chi connectivity index (χ4n) is 2.60. The quantitative estimate of drug-likeness (QED) is 0.836. The molecular weight excluding hydrogens is 261 g/mol. The van der Waals surface area contributed by atoms with Gasteiger partial charge >= 0.3 is 5.97 Å². The molecule has 0 bridgehead atoms. The fourth-order valence-corrected chi connectivity index (χ4v) is 2.60. The molecular formula is C15H20FNO3. The maximum atomic E-state index is 13.8. The number of hydrogen-bond acceptors (Lipinski definition) is 4. The minimum atomic E-state index is -0.661. The molecule has 1 N–H and O–H groups in total. The van der Waals surface area contributed by atoms with E-state index >= 15 is 0 Å². The number of benzene rings is 1. The molecule has 1 fully saturated rings. The Hall–Kier alpha value is -1.46. The van der Waals surface area contributed by atoms with E-state index < -0.39 is 11.8 Å². The molecule has 0 radical (unpaired) electrons. The number of halogens is 1. The van der Waals surface area contributed by atoms with Crippen molar-refractivity contribution in [2.75, 3.05) is 20.7 Å². The van der Waals surface area contributed by atoms with Crippen LogP contribution < -0.4 is 0 Å². The molecule has 0 spiro atoms. The normalized spacial score (nSPS) is 21.6. The predicted octanol–water partition coefficient (Wildman–Crippen LogP) is 1.81. The number of aliphatic hydroxyl groups excluding tert-OH is 1. The van der Waals surface area contributed by atoms with Gasteiger partial charge in [-0.05, 0) is 43.5 Å². The van der Waals surface area contributed by atoms with Crippen molar-refractivity contribution in [3.8, 4) is 0 Å². The maximum Gasteiger partial charge on any atom is 0.340 e. The van der Waals surface area contributed by atoms with Crippen LogP contribution in [0.15, 0.2) is 18.2 Å². The first-order valence-corrected chi connectivity index (χ1v) is 6.73. The topological polar surface area (TPSA) is 49.8 Å². The van der Waals surface area contributed by atoms with Gasteiger partial charge in [0.1, 0.15) is 5.82 Å². The highest BCUT2D eigenvalue weighted by atomic mass is 19.1. The number of aliphatic hydroxyl groups is 1. The van der Waals surface area contributed by atoms with E-state index in [9.17, 15) is 14.3 Å². The fraction of sp³-hybridized carbons (Fsp3) is 0.533. The van der Waals surface area contributed by atoms with Gasteiger partial charge in [0.15, 0.2) is 0 Å². The Labute approximate surface area is 118 Å². The first-order valence-electron chi connectivity index (χ1n) is 6.73. The minimum absolute atomic E-state index is 0.0407. The van der Waals surface area contributed by atoms with Gasteiger partial charge < -0.3 is 14.7 Å². The lowest BCUT2D eigenvalue weighted by atomic mass is 9.82. The average Bonchev–Trinajstić information content (AvgIpc) is 2.36. The molecule has 1 aromatic rings. The number of ether oxygens (including phenoxy) is 1. The van der Waals surface area contributed by atoms with Gasteiger partial charge in [0.2, 0.25) is 0 Å². The molecule has 1 aliphatic rings. The minimum Gasteiger partial charge on any atom is -0.465 e. The van der Waals surface area contributed by atoms with E-state index in [1.807, 2.05) is 7.05 Å². The molecule has 20 heavy (non-hydrogen) atoms. The van der Waals surface area contributed by atoms with Crippen LogP contribution in [0.5, 0.6) is 0 Å². The van der Waals surface area contributed by atoms with Gasteiger partial charge in [0.25, 0.3) is 0 Å². The highest BCUT2D eigenvalue weighted by molar-refractivity contribution is 5.89. The summed E-state index contributed by atoms with van der Waals surface area (Å²) in [7, 11) is 3.20. The van der Waals surface area contributed by atoms with Crippen molar-refractivity contribution < 1.29 is 19.0 Å². The molecule has 1 aromatic carbocycles. The Morgan fingerprint density at radius 1 is 1.50 bits per heavy atom. The molecule has 0 unspecified atom stereocenters. The third-order valence-corrected chi connectivity index (χ3v) is 3.67. The van der Waals surface area contributed by atoms with Crippen molar-refractivity contribution >= 4 is 5.97 Å². The van der Waals surface area contributed by atoms with Crippen molar-refractivity contribution in [1.29, 1.82) is 0 Å². The number of esters is 1. The summed E-state index contributed by atoms with van der Waals surface area (Å²) >= 11 is 0. The first-order chi connectivity index (χ1) is 9.49. The van der Waals surface area contributed by atoms with Gasteiger partial charge in [-0.15, -0.1) is 0 Å². The highest BCUT2D eigenvalue weighted by Gasteiger charge is 2.27. The second-order valence-electron chi connectivity index (χ2n) is 5.49. The van der Waals surface area contributed by atoms with Crippen LogP contribution in [0.25, 0.3) is 0 Å². The number of carbonyl (C=O) groups excluding carboxylic acids is 1. The van der Waals surface area contributed by atoms with E-state index in [2.05, 4.69) is 9.64 Å². The summed E-state index contributed by atoms with van der Waals surface area (Å²) in [4.78, 5) is 13.4.